The van der Waals surface area contributed by atoms with Gasteiger partial charge in [0, 0.05) is 37.4 Å². The number of aromatic nitrogens is 3. The highest BCUT2D eigenvalue weighted by Crippen LogP contribution is 2.27. The van der Waals surface area contributed by atoms with Crippen molar-refractivity contribution in [3.05, 3.63) is 59.4 Å². The topological polar surface area (TPSA) is 98.3 Å². The number of rotatable bonds is 8. The second-order valence-corrected chi connectivity index (χ2v) is 9.03. The minimum Gasteiger partial charge on any atom is -0.355 e. The Balaban J connectivity index is 1.51. The number of carbonyl (C=O) groups excluding carboxylic acids is 1. The maximum absolute atomic E-state index is 12.5. The SMILES string of the molecule is CCNC(=O)c1ccccc1Nc1nc(Nc2ccc(N3CC[C@@H](N(C)C)C3)nc2C)ncc1C. The molecule has 184 valence electrons. The Kier molecular flexibility index (Phi) is 7.45. The van der Waals surface area contributed by atoms with E-state index in [4.69, 9.17) is 4.98 Å². The first-order valence-corrected chi connectivity index (χ1v) is 12.0. The van der Waals surface area contributed by atoms with E-state index in [1.807, 2.05) is 51.1 Å². The van der Waals surface area contributed by atoms with Gasteiger partial charge in [-0.05, 0) is 65.6 Å². The van der Waals surface area contributed by atoms with Crippen molar-refractivity contribution in [1.29, 1.82) is 0 Å². The molecule has 35 heavy (non-hydrogen) atoms. The van der Waals surface area contributed by atoms with Crippen LogP contribution in [0.5, 0.6) is 0 Å². The zero-order valence-electron chi connectivity index (χ0n) is 21.1. The molecule has 1 aliphatic rings. The molecule has 9 nitrogen and oxygen atoms in total. The quantitative estimate of drug-likeness (QED) is 0.453. The van der Waals surface area contributed by atoms with E-state index in [9.17, 15) is 4.79 Å². The molecule has 0 unspecified atom stereocenters. The van der Waals surface area contributed by atoms with Crippen LogP contribution in [0.3, 0.4) is 0 Å². The van der Waals surface area contributed by atoms with Gasteiger partial charge in [-0.3, -0.25) is 4.79 Å². The predicted molar refractivity (Wildman–Crippen MR) is 141 cm³/mol. The molecular weight excluding hydrogens is 440 g/mol. The number of aryl methyl sites for hydroxylation is 2. The summed E-state index contributed by atoms with van der Waals surface area (Å²) < 4.78 is 0. The van der Waals surface area contributed by atoms with Crippen LogP contribution < -0.4 is 20.9 Å². The first-order chi connectivity index (χ1) is 16.9. The third-order valence-corrected chi connectivity index (χ3v) is 6.27. The van der Waals surface area contributed by atoms with Crippen LogP contribution in [-0.4, -0.2) is 65.5 Å². The van der Waals surface area contributed by atoms with E-state index in [2.05, 4.69) is 49.8 Å². The van der Waals surface area contributed by atoms with Crippen LogP contribution >= 0.6 is 0 Å². The van der Waals surface area contributed by atoms with E-state index in [0.717, 1.165) is 42.3 Å². The van der Waals surface area contributed by atoms with Crippen molar-refractivity contribution in [3.63, 3.8) is 0 Å². The number of anilines is 5. The highest BCUT2D eigenvalue weighted by molar-refractivity contribution is 6.00. The van der Waals surface area contributed by atoms with Gasteiger partial charge in [0.1, 0.15) is 11.6 Å². The Morgan fingerprint density at radius 1 is 1.09 bits per heavy atom. The third kappa shape index (κ3) is 5.68. The molecule has 2 aromatic heterocycles. The van der Waals surface area contributed by atoms with E-state index in [1.54, 1.807) is 12.3 Å². The van der Waals surface area contributed by atoms with Gasteiger partial charge < -0.3 is 25.8 Å². The predicted octanol–water partition coefficient (Wildman–Crippen LogP) is 3.87. The van der Waals surface area contributed by atoms with Gasteiger partial charge in [-0.2, -0.15) is 4.98 Å². The number of carbonyl (C=O) groups is 1. The molecule has 3 heterocycles. The molecule has 3 N–H and O–H groups in total. The summed E-state index contributed by atoms with van der Waals surface area (Å²) in [6.45, 7) is 8.38. The lowest BCUT2D eigenvalue weighted by molar-refractivity contribution is 0.0956. The fourth-order valence-corrected chi connectivity index (χ4v) is 4.15. The summed E-state index contributed by atoms with van der Waals surface area (Å²) in [5.74, 6) is 1.96. The number of pyridine rings is 1. The minimum atomic E-state index is -0.127. The largest absolute Gasteiger partial charge is 0.355 e. The maximum Gasteiger partial charge on any atom is 0.253 e. The number of amides is 1. The highest BCUT2D eigenvalue weighted by atomic mass is 16.1. The van der Waals surface area contributed by atoms with Crippen molar-refractivity contribution in [2.45, 2.75) is 33.2 Å². The molecule has 1 atom stereocenters. The maximum atomic E-state index is 12.5. The lowest BCUT2D eigenvalue weighted by atomic mass is 10.1. The van der Waals surface area contributed by atoms with Crippen LogP contribution in [0.1, 0.15) is 35.0 Å². The summed E-state index contributed by atoms with van der Waals surface area (Å²) in [5, 5.41) is 9.45. The molecule has 0 bridgehead atoms. The van der Waals surface area contributed by atoms with Crippen molar-refractivity contribution < 1.29 is 4.79 Å². The van der Waals surface area contributed by atoms with E-state index in [1.165, 1.54) is 0 Å². The Morgan fingerprint density at radius 3 is 2.60 bits per heavy atom. The van der Waals surface area contributed by atoms with Crippen molar-refractivity contribution >= 4 is 34.9 Å². The molecule has 0 spiro atoms. The normalized spacial score (nSPS) is 15.4. The Labute approximate surface area is 207 Å². The lowest BCUT2D eigenvalue weighted by Crippen LogP contribution is -2.31. The highest BCUT2D eigenvalue weighted by Gasteiger charge is 2.25. The number of benzene rings is 1. The van der Waals surface area contributed by atoms with Crippen molar-refractivity contribution in [3.8, 4) is 0 Å². The second kappa shape index (κ2) is 10.7. The molecule has 4 rings (SSSR count). The van der Waals surface area contributed by atoms with Gasteiger partial charge in [0.25, 0.3) is 5.91 Å². The smallest absolute Gasteiger partial charge is 0.253 e. The summed E-state index contributed by atoms with van der Waals surface area (Å²) in [5.41, 5.74) is 3.87. The molecule has 1 fully saturated rings. The number of hydrogen-bond acceptors (Lipinski definition) is 8. The van der Waals surface area contributed by atoms with Crippen molar-refractivity contribution in [2.75, 3.05) is 49.3 Å². The van der Waals surface area contributed by atoms with Gasteiger partial charge in [-0.25, -0.2) is 9.97 Å². The zero-order chi connectivity index (χ0) is 24.9. The van der Waals surface area contributed by atoms with Gasteiger partial charge in [-0.1, -0.05) is 12.1 Å². The summed E-state index contributed by atoms with van der Waals surface area (Å²) in [6, 6.07) is 12.0. The number of nitrogens with zero attached hydrogens (tertiary/aromatic N) is 5. The van der Waals surface area contributed by atoms with Crippen LogP contribution in [0.15, 0.2) is 42.6 Å². The van der Waals surface area contributed by atoms with Crippen molar-refractivity contribution in [1.82, 2.24) is 25.2 Å². The lowest BCUT2D eigenvalue weighted by Gasteiger charge is -2.21. The van der Waals surface area contributed by atoms with E-state index in [0.29, 0.717) is 35.6 Å². The molecule has 0 radical (unpaired) electrons. The summed E-state index contributed by atoms with van der Waals surface area (Å²) in [7, 11) is 4.26. The average Bonchev–Trinajstić information content (AvgIpc) is 3.34. The number of nitrogens with one attached hydrogen (secondary N) is 3. The van der Waals surface area contributed by atoms with Crippen LogP contribution in [-0.2, 0) is 0 Å². The Hall–Kier alpha value is -3.72. The average molecular weight is 475 g/mol. The van der Waals surface area contributed by atoms with E-state index < -0.39 is 0 Å². The molecule has 1 aromatic carbocycles. The molecule has 0 saturated carbocycles. The van der Waals surface area contributed by atoms with Gasteiger partial charge in [0.2, 0.25) is 5.95 Å². The van der Waals surface area contributed by atoms with Crippen molar-refractivity contribution in [2.24, 2.45) is 0 Å². The second-order valence-electron chi connectivity index (χ2n) is 9.03. The van der Waals surface area contributed by atoms with Crippen LogP contribution in [0.25, 0.3) is 0 Å². The zero-order valence-corrected chi connectivity index (χ0v) is 21.1. The van der Waals surface area contributed by atoms with Gasteiger partial charge in [0.05, 0.1) is 22.6 Å². The van der Waals surface area contributed by atoms with E-state index in [-0.39, 0.29) is 5.91 Å². The van der Waals surface area contributed by atoms with Gasteiger partial charge in [0.15, 0.2) is 0 Å². The van der Waals surface area contributed by atoms with Crippen LogP contribution in [0.2, 0.25) is 0 Å². The van der Waals surface area contributed by atoms with Gasteiger partial charge >= 0.3 is 0 Å². The Bertz CT molecular complexity index is 1200. The molecule has 0 aliphatic carbocycles. The number of para-hydroxylation sites is 1. The molecule has 1 saturated heterocycles. The monoisotopic (exact) mass is 474 g/mol. The summed E-state index contributed by atoms with van der Waals surface area (Å²) in [6.07, 6.45) is 2.90. The first-order valence-electron chi connectivity index (χ1n) is 12.0. The minimum absolute atomic E-state index is 0.127. The molecule has 9 heteroatoms. The first kappa shape index (κ1) is 24.4. The molecular formula is C26H34N8O. The van der Waals surface area contributed by atoms with Crippen LogP contribution in [0, 0.1) is 13.8 Å². The number of likely N-dealkylation sites (N-methyl/N-ethyl adjacent to an activating group) is 1. The standard InChI is InChI=1S/C26H34N8O/c1-6-27-25(35)20-9-7-8-10-22(20)30-24-17(2)15-28-26(32-24)31-21-11-12-23(29-18(21)3)34-14-13-19(16-34)33(4)5/h7-12,15,19H,6,13-14,16H2,1-5H3,(H,27,35)(H2,28,30,31,32)/t19-/m1/s1. The molecule has 1 aliphatic heterocycles. The molecule has 1 amide bonds. The fourth-order valence-electron chi connectivity index (χ4n) is 4.15. The van der Waals surface area contributed by atoms with Gasteiger partial charge in [-0.15, -0.1) is 0 Å². The third-order valence-electron chi connectivity index (χ3n) is 6.27. The summed E-state index contributed by atoms with van der Waals surface area (Å²) >= 11 is 0. The van der Waals surface area contributed by atoms with Crippen LogP contribution in [0.4, 0.5) is 29.0 Å². The summed E-state index contributed by atoms with van der Waals surface area (Å²) in [4.78, 5) is 31.0. The fraction of sp³-hybridized carbons (Fsp3) is 0.385. The number of hydrogen-bond donors (Lipinski definition) is 3. The Morgan fingerprint density at radius 2 is 1.89 bits per heavy atom. The van der Waals surface area contributed by atoms with E-state index >= 15 is 0 Å². The molecule has 3 aromatic rings.